The van der Waals surface area contributed by atoms with Crippen LogP contribution in [0.2, 0.25) is 0 Å². The molecule has 1 aliphatic carbocycles. The summed E-state index contributed by atoms with van der Waals surface area (Å²) in [5.41, 5.74) is 2.20. The molecule has 1 unspecified atom stereocenters. The van der Waals surface area contributed by atoms with Crippen LogP contribution in [0.3, 0.4) is 0 Å². The van der Waals surface area contributed by atoms with Gasteiger partial charge in [-0.1, -0.05) is 12.8 Å². The molecule has 2 aromatic rings. The number of amides is 1. The lowest BCUT2D eigenvalue weighted by Crippen LogP contribution is -2.26. The van der Waals surface area contributed by atoms with Gasteiger partial charge in [0.1, 0.15) is 17.1 Å². The molecular weight excluding hydrogens is 444 g/mol. The molecule has 9 nitrogen and oxygen atoms in total. The summed E-state index contributed by atoms with van der Waals surface area (Å²) in [4.78, 5) is 35.9. The molecule has 3 rings (SSSR count). The Hall–Kier alpha value is -3.32. The molecule has 1 atom stereocenters. The lowest BCUT2D eigenvalue weighted by molar-refractivity contribution is -0.384. The summed E-state index contributed by atoms with van der Waals surface area (Å²) in [6.07, 6.45) is 4.21. The first-order chi connectivity index (χ1) is 15.7. The molecule has 1 amide bonds. The number of carbonyl (C=O) groups excluding carboxylic acids is 2. The summed E-state index contributed by atoms with van der Waals surface area (Å²) >= 11 is 1.18. The number of hydrogen-bond donors (Lipinski definition) is 1. The first-order valence-electron chi connectivity index (χ1n) is 10.7. The quantitative estimate of drug-likeness (QED) is 0.257. The monoisotopic (exact) mass is 470 g/mol. The minimum atomic E-state index is -0.610. The van der Waals surface area contributed by atoms with Crippen LogP contribution in [-0.4, -0.2) is 33.2 Å². The number of non-ortho nitro benzene ring substituents is 1. The fourth-order valence-corrected chi connectivity index (χ4v) is 4.89. The minimum absolute atomic E-state index is 0.0317. The van der Waals surface area contributed by atoms with Crippen LogP contribution >= 0.6 is 11.8 Å². The van der Waals surface area contributed by atoms with Crippen molar-refractivity contribution in [1.82, 2.24) is 4.57 Å². The number of nitrogens with one attached hydrogen (secondary N) is 1. The van der Waals surface area contributed by atoms with Gasteiger partial charge in [-0.15, -0.1) is 11.8 Å². The number of aromatic nitrogens is 1. The molecule has 1 fully saturated rings. The number of nitrogens with zero attached hydrogens (tertiary/aromatic N) is 3. The van der Waals surface area contributed by atoms with Crippen molar-refractivity contribution in [3.05, 3.63) is 51.2 Å². The van der Waals surface area contributed by atoms with Crippen molar-refractivity contribution in [3.63, 3.8) is 0 Å². The second-order valence-corrected chi connectivity index (χ2v) is 9.44. The molecule has 0 aliphatic heterocycles. The lowest BCUT2D eigenvalue weighted by Gasteiger charge is -2.19. The number of esters is 1. The highest BCUT2D eigenvalue weighted by molar-refractivity contribution is 8.00. The number of ether oxygens (including phenoxy) is 1. The zero-order valence-electron chi connectivity index (χ0n) is 18.8. The Labute approximate surface area is 196 Å². The van der Waals surface area contributed by atoms with E-state index in [2.05, 4.69) is 11.4 Å². The van der Waals surface area contributed by atoms with Gasteiger partial charge in [-0.05, 0) is 51.3 Å². The first-order valence-corrected chi connectivity index (χ1v) is 11.6. The Bertz CT molecular complexity index is 1100. The molecule has 1 aliphatic rings. The van der Waals surface area contributed by atoms with Gasteiger partial charge in [0, 0.05) is 28.8 Å². The maximum absolute atomic E-state index is 12.6. The zero-order chi connectivity index (χ0) is 24.1. The van der Waals surface area contributed by atoms with Gasteiger partial charge in [-0.3, -0.25) is 19.7 Å². The molecule has 1 aromatic heterocycles. The summed E-state index contributed by atoms with van der Waals surface area (Å²) < 4.78 is 7.21. The largest absolute Gasteiger partial charge is 0.455 e. The third-order valence-corrected chi connectivity index (χ3v) is 6.94. The van der Waals surface area contributed by atoms with Crippen LogP contribution in [0.15, 0.2) is 29.2 Å². The van der Waals surface area contributed by atoms with E-state index in [4.69, 9.17) is 4.74 Å². The van der Waals surface area contributed by atoms with E-state index in [0.717, 1.165) is 36.9 Å². The number of thioether (sulfide) groups is 1. The summed E-state index contributed by atoms with van der Waals surface area (Å²) in [6.45, 7) is 4.98. The predicted octanol–water partition coefficient (Wildman–Crippen LogP) is 4.66. The standard InChI is InChI=1S/C23H26N4O5S/c1-14-15(2)26(17-6-4-5-7-17)22(20(14)12-24)25-21(28)13-32-23(29)16(3)33-19-10-8-18(9-11-19)27(30)31/h8-11,16-17H,4-7,13H2,1-3H3,(H,25,28). The Morgan fingerprint density at radius 3 is 2.52 bits per heavy atom. The van der Waals surface area contributed by atoms with Gasteiger partial charge >= 0.3 is 5.97 Å². The van der Waals surface area contributed by atoms with Gasteiger partial charge in [0.05, 0.1) is 10.5 Å². The molecule has 0 saturated heterocycles. The molecule has 1 heterocycles. The van der Waals surface area contributed by atoms with Crippen molar-refractivity contribution in [3.8, 4) is 6.07 Å². The molecule has 1 aromatic carbocycles. The van der Waals surface area contributed by atoms with E-state index in [-0.39, 0.29) is 11.7 Å². The molecule has 33 heavy (non-hydrogen) atoms. The van der Waals surface area contributed by atoms with Crippen LogP contribution in [-0.2, 0) is 14.3 Å². The Kier molecular flexibility index (Phi) is 7.76. The van der Waals surface area contributed by atoms with Crippen LogP contribution in [0.1, 0.15) is 55.5 Å². The average molecular weight is 471 g/mol. The summed E-state index contributed by atoms with van der Waals surface area (Å²) in [5, 5.41) is 22.5. The number of nitro groups is 1. The molecular formula is C23H26N4O5S. The third kappa shape index (κ3) is 5.54. The SMILES string of the molecule is Cc1c(C#N)c(NC(=O)COC(=O)C(C)Sc2ccc([N+](=O)[O-])cc2)n(C2CCCC2)c1C. The normalized spacial score (nSPS) is 14.5. The number of rotatable bonds is 8. The van der Waals surface area contributed by atoms with Crippen LogP contribution in [0.4, 0.5) is 11.5 Å². The molecule has 0 spiro atoms. The van der Waals surface area contributed by atoms with E-state index < -0.39 is 28.7 Å². The number of anilines is 1. The maximum atomic E-state index is 12.6. The fourth-order valence-electron chi connectivity index (χ4n) is 4.03. The number of carbonyl (C=O) groups is 2. The number of nitriles is 1. The summed E-state index contributed by atoms with van der Waals surface area (Å²) in [7, 11) is 0. The highest BCUT2D eigenvalue weighted by Gasteiger charge is 2.27. The molecule has 1 N–H and O–H groups in total. The smallest absolute Gasteiger partial charge is 0.319 e. The lowest BCUT2D eigenvalue weighted by atomic mass is 10.2. The van der Waals surface area contributed by atoms with Crippen molar-refractivity contribution >= 4 is 35.1 Å². The molecule has 10 heteroatoms. The van der Waals surface area contributed by atoms with E-state index in [1.807, 2.05) is 18.4 Å². The van der Waals surface area contributed by atoms with Crippen molar-refractivity contribution in [2.75, 3.05) is 11.9 Å². The molecule has 0 radical (unpaired) electrons. The van der Waals surface area contributed by atoms with Crippen LogP contribution in [0, 0.1) is 35.3 Å². The van der Waals surface area contributed by atoms with E-state index >= 15 is 0 Å². The van der Waals surface area contributed by atoms with Crippen molar-refractivity contribution < 1.29 is 19.2 Å². The van der Waals surface area contributed by atoms with Gasteiger partial charge in [0.25, 0.3) is 11.6 Å². The second-order valence-electron chi connectivity index (χ2n) is 8.02. The highest BCUT2D eigenvalue weighted by atomic mass is 32.2. The number of hydrogen-bond acceptors (Lipinski definition) is 7. The first kappa shape index (κ1) is 24.3. The van der Waals surface area contributed by atoms with Gasteiger partial charge < -0.3 is 14.6 Å². The van der Waals surface area contributed by atoms with E-state index in [9.17, 15) is 25.0 Å². The molecule has 174 valence electrons. The Morgan fingerprint density at radius 1 is 1.30 bits per heavy atom. The zero-order valence-corrected chi connectivity index (χ0v) is 19.6. The Morgan fingerprint density at radius 2 is 1.94 bits per heavy atom. The predicted molar refractivity (Wildman–Crippen MR) is 124 cm³/mol. The van der Waals surface area contributed by atoms with Crippen molar-refractivity contribution in [1.29, 1.82) is 5.26 Å². The third-order valence-electron chi connectivity index (χ3n) is 5.85. The minimum Gasteiger partial charge on any atom is -0.455 e. The summed E-state index contributed by atoms with van der Waals surface area (Å²) in [5.74, 6) is -0.620. The highest BCUT2D eigenvalue weighted by Crippen LogP contribution is 2.37. The van der Waals surface area contributed by atoms with Crippen LogP contribution in [0.25, 0.3) is 0 Å². The topological polar surface area (TPSA) is 127 Å². The van der Waals surface area contributed by atoms with Crippen molar-refractivity contribution in [2.24, 2.45) is 0 Å². The molecule has 1 saturated carbocycles. The van der Waals surface area contributed by atoms with Crippen LogP contribution < -0.4 is 5.32 Å². The van der Waals surface area contributed by atoms with E-state index in [1.165, 1.54) is 23.9 Å². The second kappa shape index (κ2) is 10.5. The number of nitro benzene ring substituents is 1. The molecule has 0 bridgehead atoms. The van der Waals surface area contributed by atoms with E-state index in [1.54, 1.807) is 19.1 Å². The van der Waals surface area contributed by atoms with Gasteiger partial charge in [-0.2, -0.15) is 5.26 Å². The van der Waals surface area contributed by atoms with E-state index in [0.29, 0.717) is 16.3 Å². The summed E-state index contributed by atoms with van der Waals surface area (Å²) in [6, 6.07) is 8.27. The van der Waals surface area contributed by atoms with Crippen LogP contribution in [0.5, 0.6) is 0 Å². The van der Waals surface area contributed by atoms with Gasteiger partial charge in [0.15, 0.2) is 6.61 Å². The Balaban J connectivity index is 1.61. The maximum Gasteiger partial charge on any atom is 0.319 e. The fraction of sp³-hybridized carbons (Fsp3) is 0.435. The van der Waals surface area contributed by atoms with Gasteiger partial charge in [0.2, 0.25) is 0 Å². The van der Waals surface area contributed by atoms with Gasteiger partial charge in [-0.25, -0.2) is 0 Å². The number of benzene rings is 1. The average Bonchev–Trinajstić information content (AvgIpc) is 3.39. The van der Waals surface area contributed by atoms with Crippen molar-refractivity contribution in [2.45, 2.75) is 62.6 Å².